The van der Waals surface area contributed by atoms with Crippen LogP contribution in [0.3, 0.4) is 0 Å². The van der Waals surface area contributed by atoms with Gasteiger partial charge in [0.05, 0.1) is 16.4 Å². The Balaban J connectivity index is 1.82. The van der Waals surface area contributed by atoms with Crippen LogP contribution in [0, 0.1) is 12.7 Å². The molecular weight excluding hydrogens is 385 g/mol. The van der Waals surface area contributed by atoms with E-state index in [1.54, 1.807) is 32.0 Å². The van der Waals surface area contributed by atoms with Gasteiger partial charge in [0.15, 0.2) is 0 Å². The zero-order valence-electron chi connectivity index (χ0n) is 15.2. The Hall–Kier alpha value is -3.26. The molecule has 0 fully saturated rings. The van der Waals surface area contributed by atoms with Gasteiger partial charge < -0.3 is 10.6 Å². The van der Waals surface area contributed by atoms with Crippen LogP contribution in [0.5, 0.6) is 0 Å². The number of carbonyl (C=O) groups is 2. The van der Waals surface area contributed by atoms with Crippen LogP contribution >= 0.6 is 11.6 Å². The van der Waals surface area contributed by atoms with Crippen LogP contribution in [0.15, 0.2) is 42.5 Å². The highest BCUT2D eigenvalue weighted by Crippen LogP contribution is 2.26. The molecule has 2 aromatic carbocycles. The number of rotatable bonds is 5. The van der Waals surface area contributed by atoms with E-state index < -0.39 is 5.91 Å². The van der Waals surface area contributed by atoms with Crippen LogP contribution in [0.1, 0.15) is 29.8 Å². The molecule has 7 nitrogen and oxygen atoms in total. The first-order valence-corrected chi connectivity index (χ1v) is 8.85. The SMILES string of the molecule is CCC(=O)Nc1ccc(Cl)c(NC(=O)c2nc(C)n(-c3ccc(F)cc3)n2)c1. The van der Waals surface area contributed by atoms with Gasteiger partial charge >= 0.3 is 0 Å². The number of halogens is 2. The minimum Gasteiger partial charge on any atom is -0.326 e. The fourth-order valence-corrected chi connectivity index (χ4v) is 2.60. The number of nitrogens with one attached hydrogen (secondary N) is 2. The van der Waals surface area contributed by atoms with E-state index in [2.05, 4.69) is 20.7 Å². The summed E-state index contributed by atoms with van der Waals surface area (Å²) in [5, 5.41) is 9.82. The van der Waals surface area contributed by atoms with Crippen molar-refractivity contribution in [3.05, 3.63) is 65.0 Å². The molecule has 2 amide bonds. The summed E-state index contributed by atoms with van der Waals surface area (Å²) < 4.78 is 14.5. The zero-order valence-corrected chi connectivity index (χ0v) is 15.9. The Bertz CT molecular complexity index is 1030. The number of carbonyl (C=O) groups excluding carboxylic acids is 2. The maximum Gasteiger partial charge on any atom is 0.295 e. The van der Waals surface area contributed by atoms with Gasteiger partial charge in [-0.25, -0.2) is 14.1 Å². The molecule has 144 valence electrons. The van der Waals surface area contributed by atoms with Gasteiger partial charge in [-0.05, 0) is 49.4 Å². The van der Waals surface area contributed by atoms with Crippen molar-refractivity contribution >= 4 is 34.8 Å². The molecule has 0 spiro atoms. The molecule has 0 saturated carbocycles. The Kier molecular flexibility index (Phi) is 5.70. The fourth-order valence-electron chi connectivity index (χ4n) is 2.44. The first-order chi connectivity index (χ1) is 13.4. The summed E-state index contributed by atoms with van der Waals surface area (Å²) in [6, 6.07) is 10.4. The van der Waals surface area contributed by atoms with Crippen LogP contribution in [-0.4, -0.2) is 26.6 Å². The molecule has 28 heavy (non-hydrogen) atoms. The van der Waals surface area contributed by atoms with Crippen LogP contribution < -0.4 is 10.6 Å². The monoisotopic (exact) mass is 401 g/mol. The molecule has 1 heterocycles. The molecule has 0 atom stereocenters. The van der Waals surface area contributed by atoms with Crippen molar-refractivity contribution in [2.45, 2.75) is 20.3 Å². The Morgan fingerprint density at radius 2 is 1.86 bits per heavy atom. The summed E-state index contributed by atoms with van der Waals surface area (Å²) >= 11 is 6.14. The van der Waals surface area contributed by atoms with Crippen molar-refractivity contribution in [1.29, 1.82) is 0 Å². The van der Waals surface area contributed by atoms with Crippen molar-refractivity contribution in [3.63, 3.8) is 0 Å². The third-order valence-electron chi connectivity index (χ3n) is 3.86. The first-order valence-electron chi connectivity index (χ1n) is 8.47. The van der Waals surface area contributed by atoms with E-state index in [1.165, 1.54) is 28.9 Å². The zero-order chi connectivity index (χ0) is 20.3. The fraction of sp³-hybridized carbons (Fsp3) is 0.158. The minimum atomic E-state index is -0.565. The minimum absolute atomic E-state index is 0.0686. The second-order valence-corrected chi connectivity index (χ2v) is 6.33. The summed E-state index contributed by atoms with van der Waals surface area (Å²) in [6.07, 6.45) is 0.328. The van der Waals surface area contributed by atoms with E-state index in [4.69, 9.17) is 11.6 Å². The Labute approximate surface area is 165 Å². The van der Waals surface area contributed by atoms with Gasteiger partial charge in [-0.2, -0.15) is 0 Å². The largest absolute Gasteiger partial charge is 0.326 e. The molecule has 0 bridgehead atoms. The molecular formula is C19H17ClFN5O2. The standard InChI is InChI=1S/C19H17ClFN5O2/c1-3-17(27)23-13-6-9-15(20)16(10-13)24-19(28)18-22-11(2)26(25-18)14-7-4-12(21)5-8-14/h4-10H,3H2,1-2H3,(H,23,27)(H,24,28). The van der Waals surface area contributed by atoms with Crippen LogP contribution in [0.25, 0.3) is 5.69 Å². The summed E-state index contributed by atoms with van der Waals surface area (Å²) in [7, 11) is 0. The third-order valence-corrected chi connectivity index (χ3v) is 4.19. The molecule has 2 N–H and O–H groups in total. The maximum absolute atomic E-state index is 13.1. The maximum atomic E-state index is 13.1. The lowest BCUT2D eigenvalue weighted by Gasteiger charge is -2.09. The van der Waals surface area contributed by atoms with Crippen molar-refractivity contribution < 1.29 is 14.0 Å². The van der Waals surface area contributed by atoms with E-state index in [-0.39, 0.29) is 17.5 Å². The average molecular weight is 402 g/mol. The van der Waals surface area contributed by atoms with Gasteiger partial charge in [0.1, 0.15) is 11.6 Å². The average Bonchev–Trinajstić information content (AvgIpc) is 3.07. The van der Waals surface area contributed by atoms with Gasteiger partial charge in [0.25, 0.3) is 5.91 Å². The lowest BCUT2D eigenvalue weighted by Crippen LogP contribution is -2.15. The third kappa shape index (κ3) is 4.34. The molecule has 9 heteroatoms. The Morgan fingerprint density at radius 1 is 1.14 bits per heavy atom. The molecule has 0 aliphatic carbocycles. The smallest absolute Gasteiger partial charge is 0.295 e. The van der Waals surface area contributed by atoms with Crippen molar-refractivity contribution in [1.82, 2.24) is 14.8 Å². The summed E-state index contributed by atoms with van der Waals surface area (Å²) in [6.45, 7) is 3.42. The number of anilines is 2. The van der Waals surface area contributed by atoms with Crippen molar-refractivity contribution in [3.8, 4) is 5.69 Å². The van der Waals surface area contributed by atoms with E-state index in [1.807, 2.05) is 0 Å². The summed E-state index contributed by atoms with van der Waals surface area (Å²) in [5.41, 5.74) is 1.40. The van der Waals surface area contributed by atoms with Crippen LogP contribution in [-0.2, 0) is 4.79 Å². The lowest BCUT2D eigenvalue weighted by atomic mass is 10.2. The van der Waals surface area contributed by atoms with E-state index in [0.29, 0.717) is 34.3 Å². The van der Waals surface area contributed by atoms with E-state index in [9.17, 15) is 14.0 Å². The molecule has 0 unspecified atom stereocenters. The Morgan fingerprint density at radius 3 is 2.54 bits per heavy atom. The first kappa shape index (κ1) is 19.5. The van der Waals surface area contributed by atoms with Gasteiger partial charge in [0, 0.05) is 12.1 Å². The van der Waals surface area contributed by atoms with Gasteiger partial charge in [-0.1, -0.05) is 18.5 Å². The predicted octanol–water partition coefficient (Wildman–Crippen LogP) is 3.97. The van der Waals surface area contributed by atoms with Gasteiger partial charge in [-0.15, -0.1) is 5.10 Å². The van der Waals surface area contributed by atoms with Gasteiger partial charge in [0.2, 0.25) is 11.7 Å². The quantitative estimate of drug-likeness (QED) is 0.677. The highest BCUT2D eigenvalue weighted by atomic mass is 35.5. The topological polar surface area (TPSA) is 88.9 Å². The molecule has 1 aromatic heterocycles. The molecule has 3 rings (SSSR count). The van der Waals surface area contributed by atoms with Crippen LogP contribution in [0.4, 0.5) is 15.8 Å². The molecule has 0 radical (unpaired) electrons. The number of nitrogens with zero attached hydrogens (tertiary/aromatic N) is 3. The second-order valence-electron chi connectivity index (χ2n) is 5.92. The molecule has 0 aliphatic heterocycles. The highest BCUT2D eigenvalue weighted by Gasteiger charge is 2.17. The van der Waals surface area contributed by atoms with E-state index in [0.717, 1.165) is 0 Å². The molecule has 3 aromatic rings. The number of hydrogen-bond acceptors (Lipinski definition) is 4. The van der Waals surface area contributed by atoms with E-state index >= 15 is 0 Å². The molecule has 0 saturated heterocycles. The molecule has 0 aliphatic rings. The van der Waals surface area contributed by atoms with Gasteiger partial charge in [-0.3, -0.25) is 9.59 Å². The number of benzene rings is 2. The lowest BCUT2D eigenvalue weighted by molar-refractivity contribution is -0.115. The number of amides is 2. The predicted molar refractivity (Wildman–Crippen MR) is 104 cm³/mol. The van der Waals surface area contributed by atoms with Crippen LogP contribution in [0.2, 0.25) is 5.02 Å². The number of aromatic nitrogens is 3. The summed E-state index contributed by atoms with van der Waals surface area (Å²) in [5.74, 6) is -0.698. The highest BCUT2D eigenvalue weighted by molar-refractivity contribution is 6.34. The van der Waals surface area contributed by atoms with Crippen molar-refractivity contribution in [2.75, 3.05) is 10.6 Å². The number of aryl methyl sites for hydroxylation is 1. The van der Waals surface area contributed by atoms with Crippen molar-refractivity contribution in [2.24, 2.45) is 0 Å². The second kappa shape index (κ2) is 8.18. The normalized spacial score (nSPS) is 10.6. The number of hydrogen-bond donors (Lipinski definition) is 2. The summed E-state index contributed by atoms with van der Waals surface area (Å²) in [4.78, 5) is 28.2.